The number of hydrogen-bond donors (Lipinski definition) is 0. The third-order valence-corrected chi connectivity index (χ3v) is 3.90. The van der Waals surface area contributed by atoms with Gasteiger partial charge in [-0.3, -0.25) is 4.79 Å². The summed E-state index contributed by atoms with van der Waals surface area (Å²) in [7, 11) is 0. The fourth-order valence-electron chi connectivity index (χ4n) is 2.71. The molecule has 4 rings (SSSR count). The van der Waals surface area contributed by atoms with Crippen LogP contribution in [0.1, 0.15) is 5.56 Å². The Morgan fingerprint density at radius 1 is 1.26 bits per heavy atom. The molecule has 19 heavy (non-hydrogen) atoms. The van der Waals surface area contributed by atoms with Crippen molar-refractivity contribution in [3.8, 4) is 0 Å². The number of oxime groups is 1. The summed E-state index contributed by atoms with van der Waals surface area (Å²) in [6, 6.07) is 7.19. The van der Waals surface area contributed by atoms with Crippen molar-refractivity contribution in [2.75, 3.05) is 6.61 Å². The Bertz CT molecular complexity index is 571. The highest BCUT2D eigenvalue weighted by molar-refractivity contribution is 6.30. The van der Waals surface area contributed by atoms with Crippen molar-refractivity contribution in [2.45, 2.75) is 18.5 Å². The normalized spacial score (nSPS) is 35.8. The molecule has 0 amide bonds. The van der Waals surface area contributed by atoms with Crippen molar-refractivity contribution in [3.05, 3.63) is 34.9 Å². The van der Waals surface area contributed by atoms with E-state index in [4.69, 9.17) is 25.9 Å². The zero-order valence-electron chi connectivity index (χ0n) is 9.78. The lowest BCUT2D eigenvalue weighted by molar-refractivity contribution is -0.169. The maximum atomic E-state index is 12.3. The number of ketones is 1. The predicted octanol–water partition coefficient (Wildman–Crippen LogP) is 1.38. The first-order chi connectivity index (χ1) is 9.24. The molecule has 3 aliphatic rings. The summed E-state index contributed by atoms with van der Waals surface area (Å²) in [5.41, 5.74) is 1.47. The van der Waals surface area contributed by atoms with Gasteiger partial charge in [0.1, 0.15) is 17.7 Å². The number of carbonyl (C=O) groups excluding carboxylic acids is 1. The SMILES string of the molecule is O=C1[C@@H]2OC[C@H](O2)[C@@H]2ON=C(c3ccc(Cl)cc3)[C@@H]12. The van der Waals surface area contributed by atoms with Gasteiger partial charge in [-0.2, -0.15) is 0 Å². The maximum Gasteiger partial charge on any atom is 0.219 e. The number of halogens is 1. The van der Waals surface area contributed by atoms with Gasteiger partial charge in [0.05, 0.1) is 6.61 Å². The van der Waals surface area contributed by atoms with Crippen LogP contribution < -0.4 is 0 Å². The lowest BCUT2D eigenvalue weighted by atomic mass is 9.85. The second-order valence-corrected chi connectivity index (χ2v) is 5.21. The number of ether oxygens (including phenoxy) is 2. The van der Waals surface area contributed by atoms with E-state index in [0.717, 1.165) is 5.56 Å². The first kappa shape index (κ1) is 11.4. The van der Waals surface area contributed by atoms with Crippen LogP contribution in [0.4, 0.5) is 0 Å². The van der Waals surface area contributed by atoms with Gasteiger partial charge < -0.3 is 14.3 Å². The van der Waals surface area contributed by atoms with E-state index in [1.807, 2.05) is 12.1 Å². The third kappa shape index (κ3) is 1.62. The van der Waals surface area contributed by atoms with E-state index < -0.39 is 12.2 Å². The van der Waals surface area contributed by atoms with Gasteiger partial charge in [-0.15, -0.1) is 0 Å². The van der Waals surface area contributed by atoms with Crippen molar-refractivity contribution < 1.29 is 19.1 Å². The summed E-state index contributed by atoms with van der Waals surface area (Å²) in [5.74, 6) is -0.530. The fraction of sp³-hybridized carbons (Fsp3) is 0.385. The monoisotopic (exact) mass is 279 g/mol. The van der Waals surface area contributed by atoms with Gasteiger partial charge in [-0.05, 0) is 12.1 Å². The minimum Gasteiger partial charge on any atom is -0.388 e. The van der Waals surface area contributed by atoms with E-state index in [9.17, 15) is 4.79 Å². The second-order valence-electron chi connectivity index (χ2n) is 4.77. The largest absolute Gasteiger partial charge is 0.388 e. The highest BCUT2D eigenvalue weighted by Crippen LogP contribution is 2.37. The van der Waals surface area contributed by atoms with Crippen molar-refractivity contribution in [1.82, 2.24) is 0 Å². The van der Waals surface area contributed by atoms with Gasteiger partial charge >= 0.3 is 0 Å². The Kier molecular flexibility index (Phi) is 2.42. The topological polar surface area (TPSA) is 57.1 Å². The Balaban J connectivity index is 1.71. The van der Waals surface area contributed by atoms with Gasteiger partial charge in [-0.25, -0.2) is 0 Å². The van der Waals surface area contributed by atoms with Crippen LogP contribution in [0.3, 0.4) is 0 Å². The number of carbonyl (C=O) groups is 1. The quantitative estimate of drug-likeness (QED) is 0.779. The number of Topliss-reactive ketones (excluding diaryl/α,β-unsaturated/α-hetero) is 1. The molecular weight excluding hydrogens is 270 g/mol. The molecule has 2 saturated heterocycles. The molecule has 2 fully saturated rings. The molecule has 98 valence electrons. The van der Waals surface area contributed by atoms with Gasteiger partial charge in [-0.1, -0.05) is 28.9 Å². The summed E-state index contributed by atoms with van der Waals surface area (Å²) in [6.07, 6.45) is -1.37. The van der Waals surface area contributed by atoms with E-state index in [0.29, 0.717) is 17.3 Å². The maximum absolute atomic E-state index is 12.3. The molecule has 0 aromatic heterocycles. The molecule has 0 radical (unpaired) electrons. The molecule has 0 unspecified atom stereocenters. The summed E-state index contributed by atoms with van der Waals surface area (Å²) >= 11 is 5.86. The molecule has 3 aliphatic heterocycles. The lowest BCUT2D eigenvalue weighted by Crippen LogP contribution is -2.48. The van der Waals surface area contributed by atoms with Crippen LogP contribution in [-0.2, 0) is 19.1 Å². The van der Waals surface area contributed by atoms with Gasteiger partial charge in [0, 0.05) is 10.6 Å². The highest BCUT2D eigenvalue weighted by Gasteiger charge is 2.56. The average Bonchev–Trinajstić information content (AvgIpc) is 3.03. The van der Waals surface area contributed by atoms with Crippen LogP contribution in [0.5, 0.6) is 0 Å². The van der Waals surface area contributed by atoms with E-state index in [-0.39, 0.29) is 18.0 Å². The standard InChI is InChI=1S/C13H10ClNO4/c14-7-3-1-6(2-4-7)10-9-11(16)13-17-5-8(18-13)12(9)19-15-10/h1-4,8-9,12-13H,5H2/t8-,9-,12-,13+/m0/s1. The van der Waals surface area contributed by atoms with Crippen LogP contribution in [0.25, 0.3) is 0 Å². The number of rotatable bonds is 1. The van der Waals surface area contributed by atoms with E-state index in [1.165, 1.54) is 0 Å². The zero-order chi connectivity index (χ0) is 13.0. The molecule has 0 aliphatic carbocycles. The van der Waals surface area contributed by atoms with Crippen molar-refractivity contribution in [1.29, 1.82) is 0 Å². The fourth-order valence-corrected chi connectivity index (χ4v) is 2.84. The average molecular weight is 280 g/mol. The molecule has 4 atom stereocenters. The second kappa shape index (κ2) is 4.03. The molecule has 0 saturated carbocycles. The minimum absolute atomic E-state index is 0.120. The Hall–Kier alpha value is -1.43. The molecular formula is C13H10ClNO4. The molecule has 3 heterocycles. The third-order valence-electron chi connectivity index (χ3n) is 3.65. The summed E-state index contributed by atoms with van der Waals surface area (Å²) in [6.45, 7) is 0.376. The van der Waals surface area contributed by atoms with Gasteiger partial charge in [0.25, 0.3) is 0 Å². The number of benzene rings is 1. The zero-order valence-corrected chi connectivity index (χ0v) is 10.5. The lowest BCUT2D eigenvalue weighted by Gasteiger charge is -2.27. The predicted molar refractivity (Wildman–Crippen MR) is 66.0 cm³/mol. The van der Waals surface area contributed by atoms with Crippen LogP contribution in [-0.4, -0.2) is 36.6 Å². The number of fused-ring (bicyclic) bond motifs is 4. The van der Waals surface area contributed by atoms with E-state index in [1.54, 1.807) is 12.1 Å². The molecule has 5 nitrogen and oxygen atoms in total. The molecule has 2 bridgehead atoms. The molecule has 0 N–H and O–H groups in total. The van der Waals surface area contributed by atoms with Crippen LogP contribution in [0, 0.1) is 5.92 Å². The van der Waals surface area contributed by atoms with Crippen molar-refractivity contribution in [2.24, 2.45) is 11.1 Å². The summed E-state index contributed by atoms with van der Waals surface area (Å²) in [5, 5.41) is 4.71. The van der Waals surface area contributed by atoms with Gasteiger partial charge in [0.15, 0.2) is 6.10 Å². The molecule has 1 aromatic rings. The Morgan fingerprint density at radius 3 is 2.84 bits per heavy atom. The summed E-state index contributed by atoms with van der Waals surface area (Å²) < 4.78 is 10.7. The summed E-state index contributed by atoms with van der Waals surface area (Å²) in [4.78, 5) is 17.7. The van der Waals surface area contributed by atoms with Crippen LogP contribution in [0.2, 0.25) is 5.02 Å². The van der Waals surface area contributed by atoms with Gasteiger partial charge in [0.2, 0.25) is 12.1 Å². The smallest absolute Gasteiger partial charge is 0.219 e. The van der Waals surface area contributed by atoms with Crippen LogP contribution in [0.15, 0.2) is 29.4 Å². The Morgan fingerprint density at radius 2 is 2.05 bits per heavy atom. The molecule has 1 aromatic carbocycles. The highest BCUT2D eigenvalue weighted by atomic mass is 35.5. The number of hydrogen-bond acceptors (Lipinski definition) is 5. The first-order valence-electron chi connectivity index (χ1n) is 6.04. The first-order valence-corrected chi connectivity index (χ1v) is 6.42. The van der Waals surface area contributed by atoms with Crippen molar-refractivity contribution >= 4 is 23.1 Å². The van der Waals surface area contributed by atoms with E-state index in [2.05, 4.69) is 5.16 Å². The molecule has 0 spiro atoms. The number of nitrogens with zero attached hydrogens (tertiary/aromatic N) is 1. The Labute approximate surface area is 114 Å². The van der Waals surface area contributed by atoms with Crippen molar-refractivity contribution in [3.63, 3.8) is 0 Å². The minimum atomic E-state index is -0.773. The van der Waals surface area contributed by atoms with Crippen LogP contribution >= 0.6 is 11.6 Å². The van der Waals surface area contributed by atoms with E-state index >= 15 is 0 Å². The molecule has 6 heteroatoms.